The van der Waals surface area contributed by atoms with Crippen LogP contribution in [0, 0.1) is 13.8 Å². The molecule has 1 atom stereocenters. The molecule has 4 heteroatoms. The van der Waals surface area contributed by atoms with Crippen molar-refractivity contribution < 1.29 is 4.74 Å². The summed E-state index contributed by atoms with van der Waals surface area (Å²) >= 11 is 0. The first-order chi connectivity index (χ1) is 8.69. The lowest BCUT2D eigenvalue weighted by Gasteiger charge is -2.21. The molecule has 0 radical (unpaired) electrons. The summed E-state index contributed by atoms with van der Waals surface area (Å²) in [4.78, 5) is 4.33. The zero-order valence-electron chi connectivity index (χ0n) is 11.1. The maximum absolute atomic E-state index is 5.93. The first-order valence-electron chi connectivity index (χ1n) is 6.02. The van der Waals surface area contributed by atoms with Gasteiger partial charge in [0.15, 0.2) is 0 Å². The third kappa shape index (κ3) is 2.11. The van der Waals surface area contributed by atoms with E-state index in [2.05, 4.69) is 16.5 Å². The molecule has 0 aliphatic carbocycles. The SMILES string of the molecule is COc1ccccc1C(CN)n1cnc(C)c1C. The lowest BCUT2D eigenvalue weighted by atomic mass is 10.1. The van der Waals surface area contributed by atoms with Crippen LogP contribution in [0.3, 0.4) is 0 Å². The maximum Gasteiger partial charge on any atom is 0.124 e. The molecule has 0 amide bonds. The fourth-order valence-electron chi connectivity index (χ4n) is 2.16. The molecule has 0 aliphatic heterocycles. The average molecular weight is 245 g/mol. The molecule has 1 aromatic heterocycles. The number of aryl methyl sites for hydroxylation is 1. The minimum Gasteiger partial charge on any atom is -0.496 e. The van der Waals surface area contributed by atoms with E-state index < -0.39 is 0 Å². The summed E-state index contributed by atoms with van der Waals surface area (Å²) in [7, 11) is 1.68. The highest BCUT2D eigenvalue weighted by atomic mass is 16.5. The molecule has 4 nitrogen and oxygen atoms in total. The Morgan fingerprint density at radius 1 is 1.33 bits per heavy atom. The second-order valence-corrected chi connectivity index (χ2v) is 4.32. The first-order valence-corrected chi connectivity index (χ1v) is 6.02. The first kappa shape index (κ1) is 12.6. The van der Waals surface area contributed by atoms with E-state index in [1.807, 2.05) is 37.5 Å². The van der Waals surface area contributed by atoms with E-state index in [0.717, 1.165) is 22.7 Å². The largest absolute Gasteiger partial charge is 0.496 e. The summed E-state index contributed by atoms with van der Waals surface area (Å²) in [6.45, 7) is 4.57. The van der Waals surface area contributed by atoms with E-state index in [-0.39, 0.29) is 6.04 Å². The van der Waals surface area contributed by atoms with Crippen molar-refractivity contribution in [2.75, 3.05) is 13.7 Å². The Balaban J connectivity index is 2.48. The number of rotatable bonds is 4. The number of nitrogens with zero attached hydrogens (tertiary/aromatic N) is 2. The second-order valence-electron chi connectivity index (χ2n) is 4.32. The Morgan fingerprint density at radius 2 is 2.06 bits per heavy atom. The number of benzene rings is 1. The average Bonchev–Trinajstić information content (AvgIpc) is 2.73. The lowest BCUT2D eigenvalue weighted by molar-refractivity contribution is 0.401. The standard InChI is InChI=1S/C14H19N3O/c1-10-11(2)17(9-16-10)13(8-15)12-6-4-5-7-14(12)18-3/h4-7,9,13H,8,15H2,1-3H3. The zero-order chi connectivity index (χ0) is 13.1. The summed E-state index contributed by atoms with van der Waals surface area (Å²) in [5.74, 6) is 0.860. The van der Waals surface area contributed by atoms with Crippen molar-refractivity contribution in [1.29, 1.82) is 0 Å². The van der Waals surface area contributed by atoms with Crippen LogP contribution in [0.15, 0.2) is 30.6 Å². The van der Waals surface area contributed by atoms with Gasteiger partial charge in [0.25, 0.3) is 0 Å². The Kier molecular flexibility index (Phi) is 3.67. The molecule has 96 valence electrons. The molecule has 0 aliphatic rings. The van der Waals surface area contributed by atoms with Crippen LogP contribution < -0.4 is 10.5 Å². The summed E-state index contributed by atoms with van der Waals surface area (Å²) in [5.41, 5.74) is 9.19. The van der Waals surface area contributed by atoms with Crippen molar-refractivity contribution in [3.05, 3.63) is 47.5 Å². The van der Waals surface area contributed by atoms with Crippen LogP contribution in [0.2, 0.25) is 0 Å². The van der Waals surface area contributed by atoms with Gasteiger partial charge in [0.2, 0.25) is 0 Å². The molecular weight excluding hydrogens is 226 g/mol. The molecular formula is C14H19N3O. The van der Waals surface area contributed by atoms with E-state index >= 15 is 0 Å². The van der Waals surface area contributed by atoms with Gasteiger partial charge in [-0.3, -0.25) is 0 Å². The quantitative estimate of drug-likeness (QED) is 0.897. The van der Waals surface area contributed by atoms with E-state index in [9.17, 15) is 0 Å². The van der Waals surface area contributed by atoms with Gasteiger partial charge in [-0.1, -0.05) is 18.2 Å². The smallest absolute Gasteiger partial charge is 0.124 e. The molecule has 0 bridgehead atoms. The molecule has 2 aromatic rings. The minimum absolute atomic E-state index is 0.0577. The number of ether oxygens (including phenoxy) is 1. The van der Waals surface area contributed by atoms with E-state index in [1.165, 1.54) is 0 Å². The van der Waals surface area contributed by atoms with E-state index in [0.29, 0.717) is 6.54 Å². The Bertz CT molecular complexity index is 534. The van der Waals surface area contributed by atoms with Gasteiger partial charge in [-0.05, 0) is 19.9 Å². The van der Waals surface area contributed by atoms with Crippen LogP contribution >= 0.6 is 0 Å². The third-order valence-electron chi connectivity index (χ3n) is 3.34. The summed E-state index contributed by atoms with van der Waals surface area (Å²) in [6.07, 6.45) is 1.84. The monoisotopic (exact) mass is 245 g/mol. The molecule has 2 N–H and O–H groups in total. The Hall–Kier alpha value is -1.81. The fourth-order valence-corrected chi connectivity index (χ4v) is 2.16. The van der Waals surface area contributed by atoms with Gasteiger partial charge in [0, 0.05) is 17.8 Å². The molecule has 0 spiro atoms. The van der Waals surface area contributed by atoms with Crippen LogP contribution in [0.5, 0.6) is 5.75 Å². The maximum atomic E-state index is 5.93. The van der Waals surface area contributed by atoms with Crippen molar-refractivity contribution in [3.63, 3.8) is 0 Å². The molecule has 1 heterocycles. The van der Waals surface area contributed by atoms with Crippen LogP contribution in [0.1, 0.15) is 23.0 Å². The predicted molar refractivity (Wildman–Crippen MR) is 71.9 cm³/mol. The second kappa shape index (κ2) is 5.23. The fraction of sp³-hybridized carbons (Fsp3) is 0.357. The van der Waals surface area contributed by atoms with Crippen molar-refractivity contribution in [1.82, 2.24) is 9.55 Å². The number of nitrogens with two attached hydrogens (primary N) is 1. The molecule has 18 heavy (non-hydrogen) atoms. The Labute approximate surface area is 107 Å². The van der Waals surface area contributed by atoms with Crippen LogP contribution in [-0.4, -0.2) is 23.2 Å². The van der Waals surface area contributed by atoms with Gasteiger partial charge in [-0.2, -0.15) is 0 Å². The molecule has 0 saturated heterocycles. The number of aromatic nitrogens is 2. The summed E-state index contributed by atoms with van der Waals surface area (Å²) in [5, 5.41) is 0. The van der Waals surface area contributed by atoms with E-state index in [1.54, 1.807) is 7.11 Å². The minimum atomic E-state index is 0.0577. The highest BCUT2D eigenvalue weighted by Gasteiger charge is 2.18. The van der Waals surface area contributed by atoms with Crippen molar-refractivity contribution in [2.45, 2.75) is 19.9 Å². The number of methoxy groups -OCH3 is 1. The van der Waals surface area contributed by atoms with Crippen molar-refractivity contribution in [3.8, 4) is 5.75 Å². The molecule has 0 fully saturated rings. The molecule has 1 unspecified atom stereocenters. The summed E-state index contributed by atoms with van der Waals surface area (Å²) in [6, 6.07) is 8.02. The number of hydrogen-bond acceptors (Lipinski definition) is 3. The van der Waals surface area contributed by atoms with Crippen molar-refractivity contribution in [2.24, 2.45) is 5.73 Å². The van der Waals surface area contributed by atoms with Gasteiger partial charge >= 0.3 is 0 Å². The number of imidazole rings is 1. The Morgan fingerprint density at radius 3 is 2.61 bits per heavy atom. The van der Waals surface area contributed by atoms with Gasteiger partial charge in [0.05, 0.1) is 25.2 Å². The third-order valence-corrected chi connectivity index (χ3v) is 3.34. The number of hydrogen-bond donors (Lipinski definition) is 1. The molecule has 1 aromatic carbocycles. The van der Waals surface area contributed by atoms with Gasteiger partial charge < -0.3 is 15.0 Å². The topological polar surface area (TPSA) is 53.1 Å². The van der Waals surface area contributed by atoms with Gasteiger partial charge in [-0.15, -0.1) is 0 Å². The van der Waals surface area contributed by atoms with E-state index in [4.69, 9.17) is 10.5 Å². The highest BCUT2D eigenvalue weighted by molar-refractivity contribution is 5.37. The molecule has 2 rings (SSSR count). The van der Waals surface area contributed by atoms with Crippen LogP contribution in [0.4, 0.5) is 0 Å². The van der Waals surface area contributed by atoms with Gasteiger partial charge in [0.1, 0.15) is 5.75 Å². The highest BCUT2D eigenvalue weighted by Crippen LogP contribution is 2.28. The number of para-hydroxylation sites is 1. The normalized spacial score (nSPS) is 12.4. The zero-order valence-corrected chi connectivity index (χ0v) is 11.1. The summed E-state index contributed by atoms with van der Waals surface area (Å²) < 4.78 is 7.51. The van der Waals surface area contributed by atoms with Crippen LogP contribution in [-0.2, 0) is 0 Å². The van der Waals surface area contributed by atoms with Crippen LogP contribution in [0.25, 0.3) is 0 Å². The predicted octanol–water partition coefficient (Wildman–Crippen LogP) is 2.06. The van der Waals surface area contributed by atoms with Crippen molar-refractivity contribution >= 4 is 0 Å². The molecule has 0 saturated carbocycles. The lowest BCUT2D eigenvalue weighted by Crippen LogP contribution is -2.21. The van der Waals surface area contributed by atoms with Gasteiger partial charge in [-0.25, -0.2) is 4.98 Å².